The number of likely N-dealkylation sites (N-methyl/N-ethyl adjacent to an activating group) is 2. The molecule has 1 aromatic rings. The van der Waals surface area contributed by atoms with Gasteiger partial charge in [0.25, 0.3) is 5.91 Å². The Morgan fingerprint density at radius 3 is 2.24 bits per heavy atom. The summed E-state index contributed by atoms with van der Waals surface area (Å²) in [6, 6.07) is 7.97. The van der Waals surface area contributed by atoms with Crippen molar-refractivity contribution in [2.45, 2.75) is 180 Å². The average molecular weight is 958 g/mol. The van der Waals surface area contributed by atoms with Gasteiger partial charge in [0.05, 0.1) is 47.6 Å². The highest BCUT2D eigenvalue weighted by Crippen LogP contribution is 2.42. The second-order valence-corrected chi connectivity index (χ2v) is 20.5. The van der Waals surface area contributed by atoms with Gasteiger partial charge in [-0.05, 0) is 105 Å². The number of carbonyl (C=O) groups excluding carboxylic acids is 4. The van der Waals surface area contributed by atoms with Crippen molar-refractivity contribution < 1.29 is 67.3 Å². The molecule has 380 valence electrons. The molecule has 68 heavy (non-hydrogen) atoms. The molecule has 0 bridgehead atoms. The number of cyclic esters (lactones) is 1. The van der Waals surface area contributed by atoms with E-state index in [4.69, 9.17) is 43.2 Å². The molecule has 0 aliphatic carbocycles. The quantitative estimate of drug-likeness (QED) is 0.114. The molecule has 4 saturated heterocycles. The smallest absolute Gasteiger partial charge is 0.458 e. The van der Waals surface area contributed by atoms with E-state index in [1.165, 1.54) is 12.2 Å². The second kappa shape index (κ2) is 23.0. The van der Waals surface area contributed by atoms with E-state index in [-0.39, 0.29) is 36.9 Å². The van der Waals surface area contributed by atoms with Crippen molar-refractivity contribution in [2.75, 3.05) is 27.7 Å². The lowest BCUT2D eigenvalue weighted by Crippen LogP contribution is -2.60. The molecule has 17 atom stereocenters. The second-order valence-electron chi connectivity index (χ2n) is 20.5. The summed E-state index contributed by atoms with van der Waals surface area (Å²) in [7, 11) is 5.64. The summed E-state index contributed by atoms with van der Waals surface area (Å²) in [6.45, 7) is 18.7. The maximum atomic E-state index is 14.6. The van der Waals surface area contributed by atoms with Gasteiger partial charge in [-0.2, -0.15) is 5.26 Å². The summed E-state index contributed by atoms with van der Waals surface area (Å²) in [6.07, 6.45) is -7.60. The molecule has 2 amide bonds. The zero-order chi connectivity index (χ0) is 50.4. The van der Waals surface area contributed by atoms with Gasteiger partial charge in [0, 0.05) is 42.5 Å². The SMILES string of the molecule is CC[C@H]1OC(=O)[C@H](C)[C@@H](O[C@H]2CC(C)(C)[C@@H](OC(=O)NNC(=O)/C=C/c3ccc(C#N)cc3)[C@H](C)O2)[C@H](C)[C@@H](O[C@@H]2O[C@H](C)C[C@H](N(C)C)[C@H]2O)[C@@](C)(O)C[C@@H](C)CN(C)[C@H](C)[C@H]2OC(=O)O[C@H]21. The van der Waals surface area contributed by atoms with E-state index in [0.717, 1.165) is 0 Å². The Hall–Kier alpha value is -4.39. The van der Waals surface area contributed by atoms with Crippen LogP contribution in [-0.2, 0) is 47.5 Å². The first kappa shape index (κ1) is 54.5. The van der Waals surface area contributed by atoms with Gasteiger partial charge in [0.1, 0.15) is 18.3 Å². The molecular weight excluding hydrogens is 883 g/mol. The minimum atomic E-state index is -1.61. The Labute approximate surface area is 401 Å². The summed E-state index contributed by atoms with van der Waals surface area (Å²) in [5.41, 5.74) is 3.33. The number of hydrogen-bond donors (Lipinski definition) is 4. The van der Waals surface area contributed by atoms with Gasteiger partial charge in [0.2, 0.25) is 0 Å². The molecule has 4 fully saturated rings. The van der Waals surface area contributed by atoms with Gasteiger partial charge in [0.15, 0.2) is 24.8 Å². The topological polar surface area (TPSA) is 237 Å². The number of nitrogens with zero attached hydrogens (tertiary/aromatic N) is 3. The van der Waals surface area contributed by atoms with Gasteiger partial charge in [-0.25, -0.2) is 15.0 Å². The zero-order valence-corrected chi connectivity index (χ0v) is 41.9. The Bertz CT molecular complexity index is 1960. The predicted molar refractivity (Wildman–Crippen MR) is 247 cm³/mol. The van der Waals surface area contributed by atoms with Crippen LogP contribution in [0.5, 0.6) is 0 Å². The van der Waals surface area contributed by atoms with Crippen molar-refractivity contribution in [3.05, 3.63) is 41.5 Å². The number of hydrogen-bond acceptors (Lipinski definition) is 17. The van der Waals surface area contributed by atoms with Gasteiger partial charge in [-0.3, -0.25) is 19.9 Å². The Morgan fingerprint density at radius 2 is 1.62 bits per heavy atom. The number of carbonyl (C=O) groups is 4. The van der Waals surface area contributed by atoms with Crippen LogP contribution in [0, 0.1) is 34.5 Å². The monoisotopic (exact) mass is 958 g/mol. The molecule has 0 aromatic heterocycles. The molecule has 19 heteroatoms. The van der Waals surface area contributed by atoms with E-state index in [2.05, 4.69) is 10.9 Å². The molecule has 0 saturated carbocycles. The molecule has 1 aromatic carbocycles. The molecule has 5 rings (SSSR count). The Kier molecular flexibility index (Phi) is 18.5. The molecule has 4 heterocycles. The Morgan fingerprint density at radius 1 is 0.956 bits per heavy atom. The maximum absolute atomic E-state index is 14.6. The summed E-state index contributed by atoms with van der Waals surface area (Å²) >= 11 is 0. The summed E-state index contributed by atoms with van der Waals surface area (Å²) < 4.78 is 49.8. The van der Waals surface area contributed by atoms with Crippen LogP contribution in [-0.4, -0.2) is 157 Å². The first-order valence-electron chi connectivity index (χ1n) is 23.8. The van der Waals surface area contributed by atoms with Crippen LogP contribution in [0.4, 0.5) is 9.59 Å². The first-order valence-corrected chi connectivity index (χ1v) is 23.8. The lowest BCUT2D eigenvalue weighted by Gasteiger charge is -2.49. The van der Waals surface area contributed by atoms with Crippen LogP contribution in [0.3, 0.4) is 0 Å². The van der Waals surface area contributed by atoms with E-state index in [1.807, 2.05) is 85.5 Å². The molecule has 0 spiro atoms. The number of benzene rings is 1. The number of hydrazine groups is 1. The number of nitrogens with one attached hydrogen (secondary N) is 2. The van der Waals surface area contributed by atoms with Gasteiger partial charge in [-0.15, -0.1) is 0 Å². The van der Waals surface area contributed by atoms with Crippen molar-refractivity contribution in [1.82, 2.24) is 20.7 Å². The van der Waals surface area contributed by atoms with Crippen LogP contribution >= 0.6 is 0 Å². The van der Waals surface area contributed by atoms with E-state index in [0.29, 0.717) is 30.5 Å². The lowest BCUT2D eigenvalue weighted by atomic mass is 9.77. The summed E-state index contributed by atoms with van der Waals surface area (Å²) in [4.78, 5) is 56.8. The summed E-state index contributed by atoms with van der Waals surface area (Å²) in [5.74, 6) is -3.28. The minimum Gasteiger partial charge on any atom is -0.458 e. The van der Waals surface area contributed by atoms with E-state index in [1.54, 1.807) is 45.0 Å². The number of fused-ring (bicyclic) bond motifs is 1. The Balaban J connectivity index is 1.42. The fraction of sp³-hybridized carbons (Fsp3) is 0.735. The number of nitriles is 1. The van der Waals surface area contributed by atoms with Crippen LogP contribution < -0.4 is 10.9 Å². The van der Waals surface area contributed by atoms with E-state index >= 15 is 0 Å². The molecule has 19 nitrogen and oxygen atoms in total. The molecule has 0 radical (unpaired) electrons. The molecular formula is C49H75N5O14. The van der Waals surface area contributed by atoms with Crippen molar-refractivity contribution in [2.24, 2.45) is 23.2 Å². The standard InChI is InChI=1S/C49H75N5O14/c1-14-35-41-40(65-47(59)66-41)30(6)54(13)25-26(2)22-49(10,60)42(67-45-38(56)34(53(11)12)21-27(3)61-45)28(4)39(29(5)44(57)63-35)64-37-23-48(8,9)43(31(7)62-37)68-46(58)52-51-36(55)20-19-32-15-17-33(24-50)18-16-32/h15-20,26-31,34-35,37-43,45,56,60H,14,21-23,25H2,1-13H3,(H,51,55)(H,52,58)/b20-19+/t26-,27-,28+,29-,30-,31+,34+,35-,37+,38-,39+,40-,41+,42-,43+,45+,49+/m1/s1. The third-order valence-corrected chi connectivity index (χ3v) is 13.9. The van der Waals surface area contributed by atoms with Crippen LogP contribution in [0.2, 0.25) is 0 Å². The van der Waals surface area contributed by atoms with Crippen LogP contribution in [0.1, 0.15) is 106 Å². The number of aliphatic hydroxyl groups is 2. The van der Waals surface area contributed by atoms with E-state index < -0.39 is 108 Å². The molecule has 0 unspecified atom stereocenters. The van der Waals surface area contributed by atoms with Gasteiger partial charge in [-0.1, -0.05) is 46.8 Å². The largest absolute Gasteiger partial charge is 0.509 e. The van der Waals surface area contributed by atoms with Crippen LogP contribution in [0.15, 0.2) is 30.3 Å². The number of ether oxygens (including phenoxy) is 8. The molecule has 4 aliphatic rings. The van der Waals surface area contributed by atoms with Crippen molar-refractivity contribution >= 4 is 30.2 Å². The number of amides is 2. The number of rotatable bonds is 9. The minimum absolute atomic E-state index is 0.157. The maximum Gasteiger partial charge on any atom is 0.509 e. The van der Waals surface area contributed by atoms with Crippen LogP contribution in [0.25, 0.3) is 6.08 Å². The molecule has 4 N–H and O–H groups in total. The highest BCUT2D eigenvalue weighted by Gasteiger charge is 2.53. The van der Waals surface area contributed by atoms with Crippen molar-refractivity contribution in [3.63, 3.8) is 0 Å². The van der Waals surface area contributed by atoms with E-state index in [9.17, 15) is 29.4 Å². The predicted octanol–water partition coefficient (Wildman–Crippen LogP) is 4.66. The highest BCUT2D eigenvalue weighted by molar-refractivity contribution is 5.92. The zero-order valence-electron chi connectivity index (χ0n) is 41.9. The van der Waals surface area contributed by atoms with Crippen molar-refractivity contribution in [3.8, 4) is 6.07 Å². The fourth-order valence-electron chi connectivity index (χ4n) is 10.3. The van der Waals surface area contributed by atoms with Gasteiger partial charge < -0.3 is 53.0 Å². The van der Waals surface area contributed by atoms with Crippen molar-refractivity contribution in [1.29, 1.82) is 5.26 Å². The summed E-state index contributed by atoms with van der Waals surface area (Å²) in [5, 5.41) is 33.5. The molecule has 4 aliphatic heterocycles. The highest BCUT2D eigenvalue weighted by atomic mass is 16.8. The fourth-order valence-corrected chi connectivity index (χ4v) is 10.3. The van der Waals surface area contributed by atoms with Gasteiger partial charge >= 0.3 is 18.2 Å². The third-order valence-electron chi connectivity index (χ3n) is 13.9. The normalized spacial score (nSPS) is 38.5. The first-order chi connectivity index (χ1) is 31.8. The average Bonchev–Trinajstić information content (AvgIpc) is 3.66. The number of esters is 1. The lowest BCUT2D eigenvalue weighted by molar-refractivity contribution is -0.312. The number of aliphatic hydroxyl groups excluding tert-OH is 1. The third kappa shape index (κ3) is 13.5.